The van der Waals surface area contributed by atoms with Crippen LogP contribution in [-0.2, 0) is 16.0 Å². The first-order valence-electron chi connectivity index (χ1n) is 11.2. The average molecular weight is 465 g/mol. The second kappa shape index (κ2) is 10.2. The summed E-state index contributed by atoms with van der Waals surface area (Å²) in [5.41, 5.74) is 1.09. The van der Waals surface area contributed by atoms with E-state index in [1.165, 1.54) is 23.2 Å². The molecule has 2 heterocycles. The molecule has 0 unspecified atom stereocenters. The predicted octanol–water partition coefficient (Wildman–Crippen LogP) is 5.23. The maximum atomic E-state index is 13.6. The normalized spacial score (nSPS) is 14.7. The first-order chi connectivity index (χ1) is 15.9. The van der Waals surface area contributed by atoms with Gasteiger partial charge in [-0.3, -0.25) is 19.3 Å². The van der Waals surface area contributed by atoms with Crippen LogP contribution in [0.3, 0.4) is 0 Å². The van der Waals surface area contributed by atoms with Gasteiger partial charge in [-0.2, -0.15) is 0 Å². The monoisotopic (exact) mass is 464 g/mol. The zero-order chi connectivity index (χ0) is 23.4. The Labute approximate surface area is 197 Å². The van der Waals surface area contributed by atoms with E-state index in [2.05, 4.69) is 5.32 Å². The molecule has 7 heteroatoms. The second-order valence-electron chi connectivity index (χ2n) is 8.46. The molecule has 2 amide bonds. The van der Waals surface area contributed by atoms with Gasteiger partial charge in [-0.1, -0.05) is 18.9 Å². The maximum Gasteiger partial charge on any atom is 0.251 e. The molecule has 1 saturated carbocycles. The number of hydrogen-bond acceptors (Lipinski definition) is 5. The summed E-state index contributed by atoms with van der Waals surface area (Å²) in [6.45, 7) is 3.31. The number of nitrogens with zero attached hydrogens (tertiary/aromatic N) is 1. The third-order valence-corrected chi connectivity index (χ3v) is 6.84. The molecular formula is C26H28N2O4S. The van der Waals surface area contributed by atoms with Crippen LogP contribution in [0.1, 0.15) is 65.4 Å². The van der Waals surface area contributed by atoms with Crippen molar-refractivity contribution in [2.75, 3.05) is 4.90 Å². The molecule has 0 radical (unpaired) electrons. The number of thiophene rings is 1. The molecule has 0 saturated heterocycles. The standard InChI is InChI=1S/C26H28N2O4S/c1-17-9-14-23(32-17)25(26(31)27-20-6-3-4-7-20)28(24(30)16-22-8-5-15-33-22)21-12-10-19(11-13-21)18(2)29/h5,8-15,20,25H,3-4,6-7,16H2,1-2H3,(H,27,31)/t25-/m0/s1. The average Bonchev–Trinajstić information content (AvgIpc) is 3.56. The fourth-order valence-corrected chi connectivity index (χ4v) is 4.96. The summed E-state index contributed by atoms with van der Waals surface area (Å²) in [4.78, 5) is 41.4. The van der Waals surface area contributed by atoms with E-state index in [9.17, 15) is 14.4 Å². The highest BCUT2D eigenvalue weighted by Gasteiger charge is 2.36. The molecule has 0 aliphatic heterocycles. The number of Topliss-reactive ketones (excluding diaryl/α,β-unsaturated/α-hetero) is 1. The SMILES string of the molecule is CC(=O)c1ccc(N(C(=O)Cc2cccs2)[C@H](C(=O)NC2CCCC2)c2ccc(C)o2)cc1. The van der Waals surface area contributed by atoms with Crippen molar-refractivity contribution < 1.29 is 18.8 Å². The van der Waals surface area contributed by atoms with Crippen LogP contribution in [0.2, 0.25) is 0 Å². The summed E-state index contributed by atoms with van der Waals surface area (Å²) in [5, 5.41) is 5.06. The van der Waals surface area contributed by atoms with E-state index in [0.717, 1.165) is 30.6 Å². The van der Waals surface area contributed by atoms with Crippen LogP contribution < -0.4 is 10.2 Å². The molecule has 172 valence electrons. The Morgan fingerprint density at radius 2 is 1.82 bits per heavy atom. The molecule has 4 rings (SSSR count). The number of carbonyl (C=O) groups excluding carboxylic acids is 3. The minimum Gasteiger partial charge on any atom is -0.464 e. The number of anilines is 1. The largest absolute Gasteiger partial charge is 0.464 e. The minimum atomic E-state index is -0.949. The summed E-state index contributed by atoms with van der Waals surface area (Å²) in [5.74, 6) is 0.551. The van der Waals surface area contributed by atoms with Crippen molar-refractivity contribution in [3.05, 3.63) is 75.9 Å². The number of furan rings is 1. The molecule has 1 N–H and O–H groups in total. The van der Waals surface area contributed by atoms with E-state index in [-0.39, 0.29) is 30.1 Å². The van der Waals surface area contributed by atoms with Crippen molar-refractivity contribution in [3.63, 3.8) is 0 Å². The number of aryl methyl sites for hydroxylation is 1. The van der Waals surface area contributed by atoms with Crippen molar-refractivity contribution in [2.24, 2.45) is 0 Å². The van der Waals surface area contributed by atoms with Gasteiger partial charge in [-0.15, -0.1) is 11.3 Å². The van der Waals surface area contributed by atoms with Gasteiger partial charge >= 0.3 is 0 Å². The predicted molar refractivity (Wildman–Crippen MR) is 129 cm³/mol. The maximum absolute atomic E-state index is 13.6. The van der Waals surface area contributed by atoms with Crippen molar-refractivity contribution in [3.8, 4) is 0 Å². The Balaban J connectivity index is 1.74. The molecule has 6 nitrogen and oxygen atoms in total. The van der Waals surface area contributed by atoms with E-state index >= 15 is 0 Å². The highest BCUT2D eigenvalue weighted by atomic mass is 32.1. The van der Waals surface area contributed by atoms with Gasteiger partial charge in [0.05, 0.1) is 6.42 Å². The van der Waals surface area contributed by atoms with Gasteiger partial charge in [0.1, 0.15) is 11.5 Å². The number of carbonyl (C=O) groups is 3. The van der Waals surface area contributed by atoms with Gasteiger partial charge in [-0.25, -0.2) is 0 Å². The molecule has 1 aliphatic rings. The number of nitrogens with one attached hydrogen (secondary N) is 1. The third-order valence-electron chi connectivity index (χ3n) is 5.96. The van der Waals surface area contributed by atoms with E-state index in [1.54, 1.807) is 36.4 Å². The molecule has 3 aromatic rings. The Morgan fingerprint density at radius 3 is 2.39 bits per heavy atom. The Hall–Kier alpha value is -3.19. The van der Waals surface area contributed by atoms with Crippen LogP contribution in [0.15, 0.2) is 58.3 Å². The van der Waals surface area contributed by atoms with Crippen LogP contribution >= 0.6 is 11.3 Å². The van der Waals surface area contributed by atoms with Crippen LogP contribution in [-0.4, -0.2) is 23.6 Å². The molecule has 1 aromatic carbocycles. The first kappa shape index (κ1) is 23.0. The third kappa shape index (κ3) is 5.42. The summed E-state index contributed by atoms with van der Waals surface area (Å²) in [6.07, 6.45) is 4.21. The minimum absolute atomic E-state index is 0.0600. The van der Waals surface area contributed by atoms with E-state index < -0.39 is 6.04 Å². The first-order valence-corrected chi connectivity index (χ1v) is 12.1. The van der Waals surface area contributed by atoms with Crippen LogP contribution in [0.4, 0.5) is 5.69 Å². The van der Waals surface area contributed by atoms with Gasteiger partial charge in [0.15, 0.2) is 11.8 Å². The Bertz CT molecular complexity index is 1110. The molecule has 1 aliphatic carbocycles. The lowest BCUT2D eigenvalue weighted by molar-refractivity contribution is -0.127. The number of ketones is 1. The number of hydrogen-bond donors (Lipinski definition) is 1. The highest BCUT2D eigenvalue weighted by Crippen LogP contribution is 2.31. The Morgan fingerprint density at radius 1 is 1.09 bits per heavy atom. The van der Waals surface area contributed by atoms with Gasteiger partial charge in [-0.05, 0) is 74.5 Å². The zero-order valence-electron chi connectivity index (χ0n) is 18.9. The van der Waals surface area contributed by atoms with Crippen molar-refractivity contribution >= 4 is 34.6 Å². The summed E-state index contributed by atoms with van der Waals surface area (Å²) in [7, 11) is 0. The van der Waals surface area contributed by atoms with Gasteiger partial charge in [0.2, 0.25) is 5.91 Å². The molecule has 33 heavy (non-hydrogen) atoms. The second-order valence-corrected chi connectivity index (χ2v) is 9.50. The molecule has 0 spiro atoms. The van der Waals surface area contributed by atoms with Crippen LogP contribution in [0.25, 0.3) is 0 Å². The van der Waals surface area contributed by atoms with Gasteiger partial charge < -0.3 is 9.73 Å². The van der Waals surface area contributed by atoms with E-state index in [0.29, 0.717) is 22.8 Å². The smallest absolute Gasteiger partial charge is 0.251 e. The fraction of sp³-hybridized carbons (Fsp3) is 0.346. The van der Waals surface area contributed by atoms with E-state index in [1.807, 2.05) is 24.4 Å². The van der Waals surface area contributed by atoms with Gasteiger partial charge in [0, 0.05) is 22.2 Å². The summed E-state index contributed by atoms with van der Waals surface area (Å²) >= 11 is 1.50. The highest BCUT2D eigenvalue weighted by molar-refractivity contribution is 7.10. The lowest BCUT2D eigenvalue weighted by atomic mass is 10.1. The zero-order valence-corrected chi connectivity index (χ0v) is 19.7. The molecule has 1 fully saturated rings. The quantitative estimate of drug-likeness (QED) is 0.463. The number of amides is 2. The summed E-state index contributed by atoms with van der Waals surface area (Å²) in [6, 6.07) is 13.3. The van der Waals surface area contributed by atoms with Crippen LogP contribution in [0, 0.1) is 6.92 Å². The van der Waals surface area contributed by atoms with Crippen LogP contribution in [0.5, 0.6) is 0 Å². The lowest BCUT2D eigenvalue weighted by Crippen LogP contribution is -2.46. The van der Waals surface area contributed by atoms with Gasteiger partial charge in [0.25, 0.3) is 5.91 Å². The molecular weight excluding hydrogens is 436 g/mol. The number of benzene rings is 1. The van der Waals surface area contributed by atoms with Crippen molar-refractivity contribution in [1.82, 2.24) is 5.32 Å². The fourth-order valence-electron chi connectivity index (χ4n) is 4.27. The topological polar surface area (TPSA) is 79.6 Å². The van der Waals surface area contributed by atoms with Crippen molar-refractivity contribution in [1.29, 1.82) is 0 Å². The molecule has 1 atom stereocenters. The van der Waals surface area contributed by atoms with Crippen molar-refractivity contribution in [2.45, 2.75) is 58.0 Å². The molecule has 0 bridgehead atoms. The molecule has 2 aromatic heterocycles. The summed E-state index contributed by atoms with van der Waals surface area (Å²) < 4.78 is 5.87. The van der Waals surface area contributed by atoms with E-state index in [4.69, 9.17) is 4.42 Å². The lowest BCUT2D eigenvalue weighted by Gasteiger charge is -2.31. The Kier molecular flexibility index (Phi) is 7.08. The number of rotatable bonds is 8.